The molecule has 38 heavy (non-hydrogen) atoms. The number of aromatic amines is 2. The van der Waals surface area contributed by atoms with Gasteiger partial charge in [-0.15, -0.1) is 4.98 Å². The largest absolute Gasteiger partial charge is 0.419 e. The number of imidazole rings is 1. The van der Waals surface area contributed by atoms with Crippen LogP contribution in [0.25, 0.3) is 11.2 Å². The zero-order valence-electron chi connectivity index (χ0n) is 20.0. The lowest BCUT2D eigenvalue weighted by atomic mass is 9.93. The number of benzene rings is 2. The van der Waals surface area contributed by atoms with Crippen LogP contribution < -0.4 is 4.98 Å². The van der Waals surface area contributed by atoms with Crippen molar-refractivity contribution in [2.24, 2.45) is 0 Å². The van der Waals surface area contributed by atoms with Crippen molar-refractivity contribution in [1.29, 1.82) is 0 Å². The number of amides is 1. The fraction of sp³-hybridized carbons (Fsp3) is 0.269. The fourth-order valence-corrected chi connectivity index (χ4v) is 5.24. The molecule has 198 valence electrons. The number of carbonyl (C=O) groups is 1. The Hall–Kier alpha value is -3.21. The lowest BCUT2D eigenvalue weighted by molar-refractivity contribution is -0.347. The fourth-order valence-electron chi connectivity index (χ4n) is 4.93. The molecule has 6 nitrogen and oxygen atoms in total. The van der Waals surface area contributed by atoms with Crippen molar-refractivity contribution in [3.8, 4) is 0 Å². The summed E-state index contributed by atoms with van der Waals surface area (Å²) in [6.45, 7) is 0.867. The average molecular weight is 567 g/mol. The number of likely N-dealkylation sites (N-methyl/N-ethyl adjacent to an activating group) is 1. The molecule has 12 heteroatoms. The van der Waals surface area contributed by atoms with Gasteiger partial charge in [0.05, 0.1) is 21.2 Å². The first-order valence-corrected chi connectivity index (χ1v) is 12.4. The van der Waals surface area contributed by atoms with E-state index in [0.717, 1.165) is 17.7 Å². The highest BCUT2D eigenvalue weighted by Crippen LogP contribution is 2.36. The van der Waals surface area contributed by atoms with Gasteiger partial charge in [0, 0.05) is 31.6 Å². The molecule has 2 aromatic heterocycles. The second-order valence-corrected chi connectivity index (χ2v) is 10.2. The topological polar surface area (TPSA) is 66.4 Å². The molecule has 3 heterocycles. The molecule has 0 bridgehead atoms. The van der Waals surface area contributed by atoms with E-state index in [2.05, 4.69) is 15.0 Å². The molecule has 1 aliphatic heterocycles. The van der Waals surface area contributed by atoms with E-state index < -0.39 is 17.6 Å². The molecule has 4 aromatic rings. The number of halogens is 6. The summed E-state index contributed by atoms with van der Waals surface area (Å²) in [4.78, 5) is 27.3. The number of alkyl halides is 3. The molecule has 5 rings (SSSR count). The van der Waals surface area contributed by atoms with Gasteiger partial charge in [-0.25, -0.2) is 9.37 Å². The van der Waals surface area contributed by atoms with Crippen LogP contribution in [0.15, 0.2) is 55.0 Å². The van der Waals surface area contributed by atoms with Crippen LogP contribution in [0.5, 0.6) is 0 Å². The van der Waals surface area contributed by atoms with Gasteiger partial charge < -0.3 is 4.90 Å². The highest BCUT2D eigenvalue weighted by atomic mass is 35.5. The molecule has 1 aliphatic rings. The van der Waals surface area contributed by atoms with E-state index in [1.54, 1.807) is 36.5 Å². The van der Waals surface area contributed by atoms with E-state index in [1.165, 1.54) is 12.3 Å². The van der Waals surface area contributed by atoms with E-state index in [4.69, 9.17) is 23.2 Å². The van der Waals surface area contributed by atoms with Crippen LogP contribution in [-0.2, 0) is 12.7 Å². The molecule has 2 aromatic carbocycles. The third-order valence-electron chi connectivity index (χ3n) is 6.86. The van der Waals surface area contributed by atoms with Crippen LogP contribution in [-0.4, -0.2) is 51.9 Å². The number of likely N-dealkylation sites (tertiary alicyclic amines) is 1. The summed E-state index contributed by atoms with van der Waals surface area (Å²) < 4.78 is 53.2. The molecular weight excluding hydrogens is 545 g/mol. The van der Waals surface area contributed by atoms with Crippen molar-refractivity contribution in [2.45, 2.75) is 24.7 Å². The highest BCUT2D eigenvalue weighted by molar-refractivity contribution is 6.42. The van der Waals surface area contributed by atoms with Gasteiger partial charge in [-0.2, -0.15) is 13.2 Å². The van der Waals surface area contributed by atoms with Gasteiger partial charge in [0.2, 0.25) is 0 Å². The zero-order valence-corrected chi connectivity index (χ0v) is 21.5. The van der Waals surface area contributed by atoms with E-state index in [1.807, 2.05) is 11.0 Å². The summed E-state index contributed by atoms with van der Waals surface area (Å²) in [5, 5.41) is 0.770. The first kappa shape index (κ1) is 26.4. The number of fused-ring (bicyclic) bond motifs is 1. The van der Waals surface area contributed by atoms with E-state index in [-0.39, 0.29) is 24.4 Å². The Kier molecular flexibility index (Phi) is 7.06. The number of aromatic nitrogens is 3. The van der Waals surface area contributed by atoms with Crippen molar-refractivity contribution in [3.05, 3.63) is 93.1 Å². The first-order chi connectivity index (χ1) is 18.0. The molecule has 0 aliphatic carbocycles. The summed E-state index contributed by atoms with van der Waals surface area (Å²) >= 11 is 12.4. The molecule has 0 radical (unpaired) electrons. The third kappa shape index (κ3) is 5.21. The normalized spacial score (nSPS) is 18.1. The lowest BCUT2D eigenvalue weighted by Crippen LogP contribution is -2.38. The first-order valence-electron chi connectivity index (χ1n) is 11.7. The van der Waals surface area contributed by atoms with Crippen LogP contribution in [0.1, 0.15) is 33.0 Å². The Morgan fingerprint density at radius 1 is 1.16 bits per heavy atom. The number of hydrogen-bond donors (Lipinski definition) is 1. The minimum absolute atomic E-state index is 0.172. The number of H-pyrrole nitrogens is 2. The van der Waals surface area contributed by atoms with Crippen molar-refractivity contribution in [2.75, 3.05) is 20.1 Å². The van der Waals surface area contributed by atoms with Gasteiger partial charge in [0.25, 0.3) is 11.6 Å². The maximum Gasteiger partial charge on any atom is 0.419 e. The summed E-state index contributed by atoms with van der Waals surface area (Å²) in [6, 6.07) is 9.68. The van der Waals surface area contributed by atoms with Gasteiger partial charge in [0.1, 0.15) is 12.0 Å². The van der Waals surface area contributed by atoms with Crippen molar-refractivity contribution >= 4 is 40.3 Å². The van der Waals surface area contributed by atoms with E-state index in [9.17, 15) is 22.4 Å². The maximum atomic E-state index is 14.2. The van der Waals surface area contributed by atoms with Gasteiger partial charge in [-0.05, 0) is 48.5 Å². The third-order valence-corrected chi connectivity index (χ3v) is 7.60. The predicted octanol–water partition coefficient (Wildman–Crippen LogP) is 5.58. The Morgan fingerprint density at radius 3 is 2.66 bits per heavy atom. The van der Waals surface area contributed by atoms with Crippen molar-refractivity contribution in [1.82, 2.24) is 19.8 Å². The molecule has 0 unspecified atom stereocenters. The average Bonchev–Trinajstić information content (AvgIpc) is 3.51. The van der Waals surface area contributed by atoms with Crippen LogP contribution in [0.4, 0.5) is 17.6 Å². The molecule has 0 saturated carbocycles. The number of rotatable bonds is 5. The minimum atomic E-state index is -4.77. The van der Waals surface area contributed by atoms with Crippen LogP contribution in [0, 0.1) is 5.82 Å². The number of carbonyl (C=O) groups excluding carboxylic acids is 1. The van der Waals surface area contributed by atoms with Gasteiger partial charge in [0.15, 0.2) is 11.8 Å². The molecular formula is C26H22Cl2F4N5O+. The SMILES string of the molecule is CN(Cc1ccc(C(F)(F)F)c(F)c1)[C@H]1CN(C(=O)c2cnc3[nH+]c[nH]c3c2)C[C@@H]1c1ccc(Cl)c(Cl)c1. The van der Waals surface area contributed by atoms with Crippen LogP contribution in [0.2, 0.25) is 10.0 Å². The Morgan fingerprint density at radius 2 is 1.95 bits per heavy atom. The Bertz CT molecular complexity index is 1510. The molecule has 2 N–H and O–H groups in total. The molecule has 1 fully saturated rings. The Labute approximate surface area is 225 Å². The van der Waals surface area contributed by atoms with Crippen molar-refractivity contribution < 1.29 is 27.3 Å². The summed E-state index contributed by atoms with van der Waals surface area (Å²) in [5.74, 6) is -1.72. The summed E-state index contributed by atoms with van der Waals surface area (Å²) in [6.07, 6.45) is -1.64. The summed E-state index contributed by atoms with van der Waals surface area (Å²) in [7, 11) is 1.79. The Balaban J connectivity index is 1.42. The number of pyridine rings is 1. The quantitative estimate of drug-likeness (QED) is 0.321. The maximum absolute atomic E-state index is 14.2. The monoisotopic (exact) mass is 566 g/mol. The molecule has 0 spiro atoms. The minimum Gasteiger partial charge on any atom is -0.336 e. The van der Waals surface area contributed by atoms with Crippen LogP contribution in [0.3, 0.4) is 0 Å². The second-order valence-electron chi connectivity index (χ2n) is 9.34. The van der Waals surface area contributed by atoms with Crippen LogP contribution >= 0.6 is 23.2 Å². The van der Waals surface area contributed by atoms with Gasteiger partial charge in [-0.3, -0.25) is 14.7 Å². The molecule has 1 amide bonds. The second kappa shape index (κ2) is 10.2. The number of hydrogen-bond acceptors (Lipinski definition) is 3. The zero-order chi connectivity index (χ0) is 27.2. The van der Waals surface area contributed by atoms with E-state index >= 15 is 0 Å². The van der Waals surface area contributed by atoms with Crippen molar-refractivity contribution in [3.63, 3.8) is 0 Å². The predicted molar refractivity (Wildman–Crippen MR) is 134 cm³/mol. The van der Waals surface area contributed by atoms with Gasteiger partial charge in [-0.1, -0.05) is 35.3 Å². The lowest BCUT2D eigenvalue weighted by Gasteiger charge is -2.29. The standard InChI is InChI=1S/C26H21Cl2F4N5O/c1-36(10-14-2-4-18(21(29)6-14)26(30,31)32)23-12-37(11-17(23)15-3-5-19(27)20(28)7-15)25(38)16-8-22-24(33-9-16)35-13-34-22/h2-9,13,17,23H,10-12H2,1H3,(H,33,34,35)/p+1/t17-,23+/m1/s1. The van der Waals surface area contributed by atoms with E-state index in [0.29, 0.717) is 45.4 Å². The molecule has 1 saturated heterocycles. The summed E-state index contributed by atoms with van der Waals surface area (Å²) in [5.41, 5.74) is 1.66. The number of nitrogens with one attached hydrogen (secondary N) is 2. The molecule has 2 atom stereocenters. The highest BCUT2D eigenvalue weighted by Gasteiger charge is 2.39. The smallest absolute Gasteiger partial charge is 0.336 e. The number of nitrogens with zero attached hydrogens (tertiary/aromatic N) is 3. The van der Waals surface area contributed by atoms with Gasteiger partial charge >= 0.3 is 6.18 Å².